The van der Waals surface area contributed by atoms with E-state index in [1.54, 1.807) is 49.1 Å². The van der Waals surface area contributed by atoms with Crippen LogP contribution in [0.1, 0.15) is 102 Å². The highest BCUT2D eigenvalue weighted by Gasteiger charge is 2.50. The van der Waals surface area contributed by atoms with Gasteiger partial charge in [0.2, 0.25) is 5.91 Å². The standard InChI is InChI=1S/C64H57ClF4N10O8S/c1-4-64(84)41-20-47-54-39(26-79(47)59(81)40(41)28-85-60(64)82)52-45(13-11-35-31(3)44(68)21-46(72-54)51(35)52)73-62(83)86-27-33-8-6-32(7-9-33)18-48(80)76-16-17-78(30(2)24-76)58-37-19-42(65)50(36-10-12-43(67)56-49(36)38(23-70)57(71)88-56)53(69)55(37)74-61(75-58)87-29-63-14-5-15-77(63)25-34(66)22-63/h6-10,12,19-21,30,34,45,84H,4-5,11,13-18,22,24-29,71H2,1-3H3,(H,73,83)/t30-,34+,45-,63-,64-/m0/s1. The van der Waals surface area contributed by atoms with Crippen molar-refractivity contribution in [3.63, 3.8) is 0 Å². The van der Waals surface area contributed by atoms with Gasteiger partial charge in [-0.15, -0.1) is 11.3 Å². The van der Waals surface area contributed by atoms with Gasteiger partial charge in [-0.05, 0) is 104 Å². The van der Waals surface area contributed by atoms with Gasteiger partial charge in [0.05, 0.1) is 62.3 Å². The highest BCUT2D eigenvalue weighted by molar-refractivity contribution is 7.23. The summed E-state index contributed by atoms with van der Waals surface area (Å²) in [5.74, 6) is -2.63. The van der Waals surface area contributed by atoms with E-state index in [2.05, 4.69) is 15.2 Å². The van der Waals surface area contributed by atoms with Crippen molar-refractivity contribution in [3.05, 3.63) is 137 Å². The molecule has 4 aromatic carbocycles. The zero-order valence-electron chi connectivity index (χ0n) is 48.0. The third kappa shape index (κ3) is 9.10. The molecule has 24 heteroatoms. The minimum Gasteiger partial charge on any atom is -0.461 e. The number of carbonyl (C=O) groups excluding carboxylic acids is 3. The van der Waals surface area contributed by atoms with Crippen molar-refractivity contribution < 1.29 is 51.3 Å². The first-order valence-corrected chi connectivity index (χ1v) is 30.5. The lowest BCUT2D eigenvalue weighted by Gasteiger charge is -2.41. The van der Waals surface area contributed by atoms with Crippen LogP contribution in [0.25, 0.3) is 54.4 Å². The van der Waals surface area contributed by atoms with Gasteiger partial charge in [0.15, 0.2) is 11.4 Å². The van der Waals surface area contributed by atoms with Crippen LogP contribution in [0.5, 0.6) is 6.01 Å². The molecule has 5 atom stereocenters. The number of fused-ring (bicyclic) bond motifs is 8. The minimum atomic E-state index is -2.04. The molecular formula is C64H57ClF4N10O8S. The van der Waals surface area contributed by atoms with Gasteiger partial charge < -0.3 is 44.7 Å². The average molecular weight is 1240 g/mol. The highest BCUT2D eigenvalue weighted by atomic mass is 35.5. The molecule has 9 heterocycles. The molecule has 18 nitrogen and oxygen atoms in total. The predicted molar refractivity (Wildman–Crippen MR) is 320 cm³/mol. The molecule has 8 aromatic rings. The van der Waals surface area contributed by atoms with E-state index in [0.29, 0.717) is 81.7 Å². The second kappa shape index (κ2) is 21.4. The highest BCUT2D eigenvalue weighted by Crippen LogP contribution is 2.49. The quantitative estimate of drug-likeness (QED) is 0.0808. The number of benzene rings is 4. The molecular weight excluding hydrogens is 1180 g/mol. The van der Waals surface area contributed by atoms with Crippen molar-refractivity contribution >= 4 is 83.6 Å². The number of nitrogen functional groups attached to an aromatic ring is 1. The van der Waals surface area contributed by atoms with Gasteiger partial charge in [0.1, 0.15) is 60.0 Å². The van der Waals surface area contributed by atoms with E-state index in [0.717, 1.165) is 29.9 Å². The summed E-state index contributed by atoms with van der Waals surface area (Å²) in [6, 6.07) is 15.0. The summed E-state index contributed by atoms with van der Waals surface area (Å²) in [4.78, 5) is 74.9. The Labute approximate surface area is 509 Å². The molecule has 14 rings (SSSR count). The fraction of sp³-hybridized carbons (Fsp3) is 0.375. The SMILES string of the molecule is CC[C@@]1(O)C(=O)OCc2c1cc1n(c2=O)Cc2c-1nc1cc(F)c(C)c3c1c2[C@@H](NC(=O)OCc1ccc(CC(=O)N2CCN(c4nc(OC[C@@]56CCCN5C[C@H](F)C6)nc5c(F)c(-c6ccc(F)c7sc(N)c(C#N)c67)c(Cl)cc45)[C@@H](C)C2)cc1)CC3. The maximum Gasteiger partial charge on any atom is 0.407 e. The van der Waals surface area contributed by atoms with Gasteiger partial charge in [0, 0.05) is 77.6 Å². The number of aromatic nitrogens is 4. The number of anilines is 2. The summed E-state index contributed by atoms with van der Waals surface area (Å²) in [6.07, 6.45) is 0.973. The Morgan fingerprint density at radius 3 is 2.57 bits per heavy atom. The first-order valence-electron chi connectivity index (χ1n) is 29.3. The Bertz CT molecular complexity index is 4470. The lowest BCUT2D eigenvalue weighted by atomic mass is 9.81. The van der Waals surface area contributed by atoms with Crippen molar-refractivity contribution in [2.45, 2.75) is 115 Å². The van der Waals surface area contributed by atoms with Crippen LogP contribution >= 0.6 is 22.9 Å². The predicted octanol–water partition coefficient (Wildman–Crippen LogP) is 9.89. The summed E-state index contributed by atoms with van der Waals surface area (Å²) in [6.45, 7) is 6.80. The Morgan fingerprint density at radius 2 is 1.80 bits per heavy atom. The fourth-order valence-electron chi connectivity index (χ4n) is 14.4. The molecule has 4 aromatic heterocycles. The average Bonchev–Trinajstić information content (AvgIpc) is 1.50. The normalized spacial score (nSPS) is 22.0. The third-order valence-electron chi connectivity index (χ3n) is 18.9. The number of halogens is 5. The number of alkyl halides is 1. The summed E-state index contributed by atoms with van der Waals surface area (Å²) in [5.41, 5.74) is 8.28. The zero-order chi connectivity index (χ0) is 61.4. The lowest BCUT2D eigenvalue weighted by molar-refractivity contribution is -0.172. The van der Waals surface area contributed by atoms with E-state index < -0.39 is 58.4 Å². The van der Waals surface area contributed by atoms with Crippen molar-refractivity contribution in [1.29, 1.82) is 5.26 Å². The number of pyridine rings is 2. The number of aryl methyl sites for hydroxylation is 1. The van der Waals surface area contributed by atoms with E-state index in [9.17, 15) is 33.9 Å². The number of esters is 1. The Hall–Kier alpha value is -8.43. The van der Waals surface area contributed by atoms with E-state index in [1.165, 1.54) is 28.8 Å². The number of nitrogens with two attached hydrogens (primary N) is 1. The number of alkyl carbamates (subject to hydrolysis) is 1. The first-order chi connectivity index (χ1) is 42.3. The Morgan fingerprint density at radius 1 is 1.00 bits per heavy atom. The zero-order valence-corrected chi connectivity index (χ0v) is 49.6. The van der Waals surface area contributed by atoms with Crippen molar-refractivity contribution in [2.75, 3.05) is 50.0 Å². The summed E-state index contributed by atoms with van der Waals surface area (Å²) in [7, 11) is 0. The monoisotopic (exact) mass is 1240 g/mol. The van der Waals surface area contributed by atoms with Crippen LogP contribution in [0.4, 0.5) is 33.2 Å². The van der Waals surface area contributed by atoms with Crippen LogP contribution < -0.4 is 26.2 Å². The van der Waals surface area contributed by atoms with Gasteiger partial charge >= 0.3 is 18.1 Å². The third-order valence-corrected chi connectivity index (χ3v) is 20.3. The van der Waals surface area contributed by atoms with Gasteiger partial charge in [-0.3, -0.25) is 14.5 Å². The number of cyclic esters (lactones) is 1. The van der Waals surface area contributed by atoms with E-state index in [-0.39, 0.29) is 142 Å². The molecule has 3 fully saturated rings. The van der Waals surface area contributed by atoms with Crippen LogP contribution in [0.3, 0.4) is 0 Å². The summed E-state index contributed by atoms with van der Waals surface area (Å²) >= 11 is 7.88. The first kappa shape index (κ1) is 57.3. The Balaban J connectivity index is 0.671. The van der Waals surface area contributed by atoms with Crippen molar-refractivity contribution in [1.82, 2.24) is 34.6 Å². The van der Waals surface area contributed by atoms with Gasteiger partial charge in [-0.1, -0.05) is 48.9 Å². The number of thiophene rings is 1. The molecule has 88 heavy (non-hydrogen) atoms. The van der Waals surface area contributed by atoms with Crippen molar-refractivity contribution in [2.24, 2.45) is 0 Å². The number of piperazine rings is 1. The number of hydrogen-bond acceptors (Lipinski definition) is 16. The number of ether oxygens (including phenoxy) is 3. The number of nitrogens with one attached hydrogen (secondary N) is 1. The molecule has 0 saturated carbocycles. The molecule has 0 spiro atoms. The molecule has 0 bridgehead atoms. The summed E-state index contributed by atoms with van der Waals surface area (Å²) < 4.78 is 82.1. The maximum atomic E-state index is 17.5. The van der Waals surface area contributed by atoms with E-state index >= 15 is 13.2 Å². The molecule has 5 aliphatic heterocycles. The number of carbonyl (C=O) groups is 3. The largest absolute Gasteiger partial charge is 0.461 e. The second-order valence-electron chi connectivity index (χ2n) is 23.9. The number of hydrogen-bond donors (Lipinski definition) is 3. The molecule has 0 unspecified atom stereocenters. The van der Waals surface area contributed by atoms with Gasteiger partial charge in [0.25, 0.3) is 5.56 Å². The van der Waals surface area contributed by atoms with Gasteiger partial charge in [-0.2, -0.15) is 15.2 Å². The fourth-order valence-corrected chi connectivity index (χ4v) is 15.7. The number of aliphatic hydroxyl groups is 1. The van der Waals surface area contributed by atoms with Crippen LogP contribution in [-0.2, 0) is 57.3 Å². The topological polar surface area (TPSA) is 231 Å². The molecule has 0 radical (unpaired) electrons. The molecule has 452 valence electrons. The number of amides is 2. The second-order valence-corrected chi connectivity index (χ2v) is 25.3. The molecule has 6 aliphatic rings. The van der Waals surface area contributed by atoms with Crippen LogP contribution in [0.2, 0.25) is 5.02 Å². The Kier molecular flexibility index (Phi) is 14.0. The number of rotatable bonds is 11. The smallest absolute Gasteiger partial charge is 0.407 e. The summed E-state index contributed by atoms with van der Waals surface area (Å²) in [5, 5.41) is 25.6. The molecule has 4 N–H and O–H groups in total. The van der Waals surface area contributed by atoms with Crippen LogP contribution in [-0.4, -0.2) is 109 Å². The van der Waals surface area contributed by atoms with Crippen molar-refractivity contribution in [3.8, 4) is 34.6 Å². The molecule has 2 amide bonds. The molecule has 3 saturated heterocycles. The van der Waals surface area contributed by atoms with Gasteiger partial charge in [-0.25, -0.2) is 32.1 Å². The van der Waals surface area contributed by atoms with Crippen LogP contribution in [0, 0.1) is 35.7 Å². The lowest BCUT2D eigenvalue weighted by Crippen LogP contribution is -2.54. The van der Waals surface area contributed by atoms with Crippen LogP contribution in [0.15, 0.2) is 59.4 Å². The minimum absolute atomic E-state index is 0.00682. The maximum absolute atomic E-state index is 17.5. The number of nitriles is 1. The van der Waals surface area contributed by atoms with E-state index in [1.807, 2.05) is 17.9 Å². The molecule has 1 aliphatic carbocycles. The van der Waals surface area contributed by atoms with E-state index in [4.69, 9.17) is 41.5 Å². The number of nitrogens with zero attached hydrogens (tertiary/aromatic N) is 8.